The minimum absolute atomic E-state index is 0.509. The van der Waals surface area contributed by atoms with E-state index in [4.69, 9.17) is 0 Å². The summed E-state index contributed by atoms with van der Waals surface area (Å²) in [6, 6.07) is 8.01. The second-order valence-corrected chi connectivity index (χ2v) is 4.09. The van der Waals surface area contributed by atoms with Crippen LogP contribution in [0.1, 0.15) is 11.4 Å². The van der Waals surface area contributed by atoms with E-state index in [0.717, 1.165) is 5.56 Å². The van der Waals surface area contributed by atoms with Crippen LogP contribution in [0.5, 0.6) is 0 Å². The molecule has 0 bridgehead atoms. The molecule has 0 spiro atoms. The third kappa shape index (κ3) is 2.22. The number of rotatable bonds is 2. The predicted molar refractivity (Wildman–Crippen MR) is 59.1 cm³/mol. The molecule has 2 aromatic rings. The van der Waals surface area contributed by atoms with Crippen LogP contribution in [0.25, 0.3) is 0 Å². The standard InChI is InChI=1S/C9H7IN2O2/c10-7-3-1-6(2-4-7)5-8-11-9(13)14-12-8/h1-4H,5H2,(H,11,12,13). The molecule has 1 N–H and O–H groups in total. The van der Waals surface area contributed by atoms with E-state index in [-0.39, 0.29) is 0 Å². The quantitative estimate of drug-likeness (QED) is 0.857. The molecule has 0 aliphatic heterocycles. The van der Waals surface area contributed by atoms with Crippen molar-refractivity contribution in [2.45, 2.75) is 6.42 Å². The average molecular weight is 302 g/mol. The van der Waals surface area contributed by atoms with Crippen molar-refractivity contribution in [1.82, 2.24) is 10.1 Å². The smallest absolute Gasteiger partial charge is 0.296 e. The third-order valence-electron chi connectivity index (χ3n) is 1.77. The highest BCUT2D eigenvalue weighted by atomic mass is 127. The fourth-order valence-electron chi connectivity index (χ4n) is 1.13. The summed E-state index contributed by atoms with van der Waals surface area (Å²) < 4.78 is 5.58. The maximum Gasteiger partial charge on any atom is 0.438 e. The Bertz CT molecular complexity index is 472. The van der Waals surface area contributed by atoms with Crippen molar-refractivity contribution in [3.8, 4) is 0 Å². The Balaban J connectivity index is 2.19. The summed E-state index contributed by atoms with van der Waals surface area (Å²) in [5.74, 6) is 0.0433. The van der Waals surface area contributed by atoms with Crippen LogP contribution in [0, 0.1) is 3.57 Å². The first-order valence-electron chi connectivity index (χ1n) is 4.03. The molecule has 0 fully saturated rings. The van der Waals surface area contributed by atoms with Crippen molar-refractivity contribution in [3.05, 3.63) is 49.8 Å². The van der Waals surface area contributed by atoms with E-state index in [1.807, 2.05) is 24.3 Å². The van der Waals surface area contributed by atoms with E-state index in [1.54, 1.807) is 0 Å². The second kappa shape index (κ2) is 3.95. The Morgan fingerprint density at radius 3 is 2.64 bits per heavy atom. The van der Waals surface area contributed by atoms with Gasteiger partial charge in [0.15, 0.2) is 5.82 Å². The lowest BCUT2D eigenvalue weighted by Crippen LogP contribution is -1.97. The van der Waals surface area contributed by atoms with Crippen molar-refractivity contribution in [3.63, 3.8) is 0 Å². The van der Waals surface area contributed by atoms with E-state index in [2.05, 4.69) is 37.3 Å². The van der Waals surface area contributed by atoms with Crippen molar-refractivity contribution in [2.75, 3.05) is 0 Å². The van der Waals surface area contributed by atoms with Gasteiger partial charge >= 0.3 is 5.76 Å². The average Bonchev–Trinajstić information content (AvgIpc) is 2.56. The number of halogens is 1. The Kier molecular flexibility index (Phi) is 2.67. The maximum absolute atomic E-state index is 10.6. The Hall–Kier alpha value is -1.11. The molecule has 0 saturated carbocycles. The third-order valence-corrected chi connectivity index (χ3v) is 2.49. The van der Waals surface area contributed by atoms with Gasteiger partial charge in [0, 0.05) is 9.99 Å². The molecular weight excluding hydrogens is 295 g/mol. The zero-order chi connectivity index (χ0) is 9.97. The van der Waals surface area contributed by atoms with Gasteiger partial charge in [-0.25, -0.2) is 4.79 Å². The lowest BCUT2D eigenvalue weighted by Gasteiger charge is -1.96. The number of nitrogens with one attached hydrogen (secondary N) is 1. The summed E-state index contributed by atoms with van der Waals surface area (Å²) in [7, 11) is 0. The fourth-order valence-corrected chi connectivity index (χ4v) is 1.49. The summed E-state index contributed by atoms with van der Waals surface area (Å²) in [5.41, 5.74) is 1.09. The van der Waals surface area contributed by atoms with Gasteiger partial charge in [0.05, 0.1) is 0 Å². The molecule has 5 heteroatoms. The first-order chi connectivity index (χ1) is 6.74. The van der Waals surface area contributed by atoms with Gasteiger partial charge < -0.3 is 0 Å². The van der Waals surface area contributed by atoms with Gasteiger partial charge in [-0.05, 0) is 40.3 Å². The molecule has 14 heavy (non-hydrogen) atoms. The largest absolute Gasteiger partial charge is 0.438 e. The maximum atomic E-state index is 10.6. The Morgan fingerprint density at radius 2 is 2.07 bits per heavy atom. The lowest BCUT2D eigenvalue weighted by atomic mass is 10.1. The van der Waals surface area contributed by atoms with Gasteiger partial charge in [-0.15, -0.1) is 0 Å². The van der Waals surface area contributed by atoms with Crippen LogP contribution in [0.2, 0.25) is 0 Å². The molecule has 1 aromatic heterocycles. The van der Waals surface area contributed by atoms with Crippen LogP contribution in [0.4, 0.5) is 0 Å². The van der Waals surface area contributed by atoms with Gasteiger partial charge in [-0.3, -0.25) is 9.51 Å². The number of aromatic nitrogens is 2. The van der Waals surface area contributed by atoms with E-state index < -0.39 is 5.76 Å². The SMILES string of the molecule is O=c1[nH]c(Cc2ccc(I)cc2)no1. The number of hydrogen-bond donors (Lipinski definition) is 1. The number of benzene rings is 1. The van der Waals surface area contributed by atoms with E-state index in [0.29, 0.717) is 12.2 Å². The number of nitrogens with zero attached hydrogens (tertiary/aromatic N) is 1. The van der Waals surface area contributed by atoms with Crippen LogP contribution in [-0.2, 0) is 6.42 Å². The molecule has 0 aliphatic carbocycles. The van der Waals surface area contributed by atoms with Gasteiger partial charge in [0.25, 0.3) is 0 Å². The molecule has 0 amide bonds. The summed E-state index contributed by atoms with van der Waals surface area (Å²) in [6.45, 7) is 0. The minimum Gasteiger partial charge on any atom is -0.296 e. The van der Waals surface area contributed by atoms with E-state index >= 15 is 0 Å². The highest BCUT2D eigenvalue weighted by Crippen LogP contribution is 2.08. The van der Waals surface area contributed by atoms with Crippen LogP contribution in [0.3, 0.4) is 0 Å². The monoisotopic (exact) mass is 302 g/mol. The summed E-state index contributed by atoms with van der Waals surface area (Å²) in [4.78, 5) is 13.2. The van der Waals surface area contributed by atoms with Crippen molar-refractivity contribution in [1.29, 1.82) is 0 Å². The first-order valence-corrected chi connectivity index (χ1v) is 5.11. The highest BCUT2D eigenvalue weighted by molar-refractivity contribution is 14.1. The Labute approximate surface area is 93.5 Å². The molecule has 1 aromatic carbocycles. The van der Waals surface area contributed by atoms with Crippen molar-refractivity contribution in [2.24, 2.45) is 0 Å². The minimum atomic E-state index is -0.509. The van der Waals surface area contributed by atoms with E-state index in [1.165, 1.54) is 3.57 Å². The number of hydrogen-bond acceptors (Lipinski definition) is 3. The Morgan fingerprint density at radius 1 is 1.36 bits per heavy atom. The zero-order valence-electron chi connectivity index (χ0n) is 7.16. The lowest BCUT2D eigenvalue weighted by molar-refractivity contribution is 0.382. The molecule has 4 nitrogen and oxygen atoms in total. The summed E-state index contributed by atoms with van der Waals surface area (Å²) in [5, 5.41) is 3.59. The molecule has 72 valence electrons. The molecule has 0 atom stereocenters. The fraction of sp³-hybridized carbons (Fsp3) is 0.111. The second-order valence-electron chi connectivity index (χ2n) is 2.84. The zero-order valence-corrected chi connectivity index (χ0v) is 9.32. The first kappa shape index (κ1) is 9.45. The normalized spacial score (nSPS) is 10.4. The summed E-state index contributed by atoms with van der Waals surface area (Å²) in [6.07, 6.45) is 0.586. The van der Waals surface area contributed by atoms with Crippen LogP contribution >= 0.6 is 22.6 Å². The van der Waals surface area contributed by atoms with Crippen LogP contribution in [-0.4, -0.2) is 10.1 Å². The summed E-state index contributed by atoms with van der Waals surface area (Å²) >= 11 is 2.24. The van der Waals surface area contributed by atoms with Gasteiger partial charge in [-0.1, -0.05) is 17.3 Å². The van der Waals surface area contributed by atoms with Gasteiger partial charge in [0.2, 0.25) is 0 Å². The van der Waals surface area contributed by atoms with Crippen LogP contribution in [0.15, 0.2) is 33.6 Å². The topological polar surface area (TPSA) is 58.9 Å². The highest BCUT2D eigenvalue weighted by Gasteiger charge is 2.01. The molecule has 0 radical (unpaired) electrons. The molecule has 1 heterocycles. The van der Waals surface area contributed by atoms with Crippen molar-refractivity contribution < 1.29 is 4.52 Å². The number of H-pyrrole nitrogens is 1. The predicted octanol–water partition coefficient (Wildman–Crippen LogP) is 1.56. The molecule has 0 unspecified atom stereocenters. The molecule has 0 aliphatic rings. The van der Waals surface area contributed by atoms with Gasteiger partial charge in [-0.2, -0.15) is 0 Å². The van der Waals surface area contributed by atoms with Crippen molar-refractivity contribution >= 4 is 22.6 Å². The molecular formula is C9H7IN2O2. The van der Waals surface area contributed by atoms with Gasteiger partial charge in [0.1, 0.15) is 0 Å². The van der Waals surface area contributed by atoms with Crippen LogP contribution < -0.4 is 5.76 Å². The van der Waals surface area contributed by atoms with E-state index in [9.17, 15) is 4.79 Å². The molecule has 0 saturated heterocycles. The molecule has 2 rings (SSSR count). The number of aromatic amines is 1.